The zero-order chi connectivity index (χ0) is 12.7. The average Bonchev–Trinajstić information content (AvgIpc) is 2.91. The molecule has 0 saturated carbocycles. The van der Waals surface area contributed by atoms with Crippen LogP contribution in [-0.2, 0) is 6.54 Å². The Balaban J connectivity index is 2.07. The maximum Gasteiger partial charge on any atom is 0.271 e. The zero-order valence-electron chi connectivity index (χ0n) is 9.51. The Morgan fingerprint density at radius 2 is 2.22 bits per heavy atom. The van der Waals surface area contributed by atoms with E-state index in [1.54, 1.807) is 22.2 Å². The number of halogens is 1. The molecule has 6 heteroatoms. The van der Waals surface area contributed by atoms with Crippen LogP contribution in [0.4, 0.5) is 0 Å². The molecular weight excluding hydrogens is 332 g/mol. The summed E-state index contributed by atoms with van der Waals surface area (Å²) in [6, 6.07) is 2.03. The van der Waals surface area contributed by atoms with Crippen LogP contribution in [0.1, 0.15) is 10.4 Å². The molecule has 0 spiro atoms. The molecule has 0 atom stereocenters. The van der Waals surface area contributed by atoms with E-state index >= 15 is 0 Å². The van der Waals surface area contributed by atoms with Crippen LogP contribution in [0.5, 0.6) is 0 Å². The molecule has 0 unspecified atom stereocenters. The van der Waals surface area contributed by atoms with Crippen LogP contribution < -0.4 is 5.56 Å². The van der Waals surface area contributed by atoms with Crippen molar-refractivity contribution in [2.24, 2.45) is 0 Å². The first-order chi connectivity index (χ1) is 8.65. The Labute approximate surface area is 120 Å². The number of hydrogen-bond donors (Lipinski definition) is 0. The minimum absolute atomic E-state index is 0.0441. The van der Waals surface area contributed by atoms with Gasteiger partial charge in [0.15, 0.2) is 0 Å². The quantitative estimate of drug-likeness (QED) is 0.713. The molecule has 3 aromatic rings. The lowest BCUT2D eigenvalue weighted by Gasteiger charge is -2.02. The smallest absolute Gasteiger partial charge is 0.271 e. The summed E-state index contributed by atoms with van der Waals surface area (Å²) in [4.78, 5) is 17.8. The number of nitrogens with zero attached hydrogens (tertiary/aromatic N) is 2. The zero-order valence-corrected chi connectivity index (χ0v) is 12.7. The van der Waals surface area contributed by atoms with Crippen LogP contribution in [0.15, 0.2) is 32.4 Å². The van der Waals surface area contributed by atoms with Crippen molar-refractivity contribution in [2.75, 3.05) is 0 Å². The highest BCUT2D eigenvalue weighted by Crippen LogP contribution is 2.22. The predicted molar refractivity (Wildman–Crippen MR) is 79.7 cm³/mol. The number of thiophene rings is 2. The molecule has 3 heterocycles. The lowest BCUT2D eigenvalue weighted by Crippen LogP contribution is -2.19. The topological polar surface area (TPSA) is 34.9 Å². The number of fused-ring (bicyclic) bond motifs is 1. The van der Waals surface area contributed by atoms with Gasteiger partial charge in [0.1, 0.15) is 4.70 Å². The van der Waals surface area contributed by atoms with Gasteiger partial charge in [0.2, 0.25) is 0 Å². The molecule has 3 rings (SSSR count). The van der Waals surface area contributed by atoms with Crippen molar-refractivity contribution in [1.82, 2.24) is 9.55 Å². The molecule has 18 heavy (non-hydrogen) atoms. The average molecular weight is 341 g/mol. The van der Waals surface area contributed by atoms with Gasteiger partial charge in [-0.2, -0.15) is 0 Å². The first kappa shape index (κ1) is 12.1. The SMILES string of the molecule is Cc1csc2c(=O)n(Cc3cc(Br)cs3)cnc12. The van der Waals surface area contributed by atoms with E-state index in [0.717, 1.165) is 25.1 Å². The van der Waals surface area contributed by atoms with Gasteiger partial charge in [0.25, 0.3) is 5.56 Å². The van der Waals surface area contributed by atoms with Gasteiger partial charge in [-0.15, -0.1) is 22.7 Å². The highest BCUT2D eigenvalue weighted by molar-refractivity contribution is 9.10. The standard InChI is InChI=1S/C12H9BrN2OS2/c1-7-4-18-11-10(7)14-6-15(12(11)16)3-9-2-8(13)5-17-9/h2,4-6H,3H2,1H3. The molecule has 3 nitrogen and oxygen atoms in total. The number of hydrogen-bond acceptors (Lipinski definition) is 4. The van der Waals surface area contributed by atoms with Crippen LogP contribution >= 0.6 is 38.6 Å². The molecule has 0 radical (unpaired) electrons. The molecule has 0 aliphatic rings. The molecular formula is C12H9BrN2OS2. The molecule has 0 saturated heterocycles. The van der Waals surface area contributed by atoms with E-state index in [4.69, 9.17) is 0 Å². The molecule has 0 aliphatic heterocycles. The third-order valence-electron chi connectivity index (χ3n) is 2.67. The summed E-state index contributed by atoms with van der Waals surface area (Å²) in [5, 5.41) is 3.99. The summed E-state index contributed by atoms with van der Waals surface area (Å²) in [6.07, 6.45) is 1.64. The maximum atomic E-state index is 12.3. The van der Waals surface area contributed by atoms with Crippen molar-refractivity contribution in [2.45, 2.75) is 13.5 Å². The molecule has 0 amide bonds. The number of aromatic nitrogens is 2. The summed E-state index contributed by atoms with van der Waals surface area (Å²) < 4.78 is 3.46. The van der Waals surface area contributed by atoms with Crippen molar-refractivity contribution >= 4 is 48.8 Å². The Hall–Kier alpha value is -0.980. The van der Waals surface area contributed by atoms with Gasteiger partial charge in [-0.05, 0) is 39.9 Å². The highest BCUT2D eigenvalue weighted by atomic mass is 79.9. The Kier molecular flexibility index (Phi) is 3.09. The van der Waals surface area contributed by atoms with E-state index in [-0.39, 0.29) is 5.56 Å². The van der Waals surface area contributed by atoms with Crippen molar-refractivity contribution in [3.05, 3.63) is 48.4 Å². The second-order valence-corrected chi connectivity index (χ2v) is 6.80. The highest BCUT2D eigenvalue weighted by Gasteiger charge is 2.09. The number of aryl methyl sites for hydroxylation is 1. The third-order valence-corrected chi connectivity index (χ3v) is 5.43. The first-order valence-electron chi connectivity index (χ1n) is 5.31. The normalized spacial score (nSPS) is 11.2. The van der Waals surface area contributed by atoms with E-state index in [1.165, 1.54) is 11.3 Å². The fourth-order valence-electron chi connectivity index (χ4n) is 1.78. The summed E-state index contributed by atoms with van der Waals surface area (Å²) in [6.45, 7) is 2.56. The minimum atomic E-state index is 0.0441. The molecule has 0 aliphatic carbocycles. The molecule has 0 bridgehead atoms. The van der Waals surface area contributed by atoms with Gasteiger partial charge in [-0.25, -0.2) is 4.98 Å². The summed E-state index contributed by atoms with van der Waals surface area (Å²) in [5.74, 6) is 0. The maximum absolute atomic E-state index is 12.3. The number of rotatable bonds is 2. The second-order valence-electron chi connectivity index (χ2n) is 4.01. The van der Waals surface area contributed by atoms with Gasteiger partial charge in [0.05, 0.1) is 18.4 Å². The largest absolute Gasteiger partial charge is 0.293 e. The second kappa shape index (κ2) is 4.60. The van der Waals surface area contributed by atoms with E-state index in [2.05, 4.69) is 20.9 Å². The van der Waals surface area contributed by atoms with Crippen LogP contribution in [-0.4, -0.2) is 9.55 Å². The first-order valence-corrected chi connectivity index (χ1v) is 7.86. The van der Waals surface area contributed by atoms with E-state index in [0.29, 0.717) is 6.54 Å². The summed E-state index contributed by atoms with van der Waals surface area (Å²) in [5.41, 5.74) is 1.94. The van der Waals surface area contributed by atoms with Crippen LogP contribution in [0, 0.1) is 6.92 Å². The molecule has 92 valence electrons. The van der Waals surface area contributed by atoms with Crippen molar-refractivity contribution in [3.8, 4) is 0 Å². The molecule has 0 aromatic carbocycles. The fourth-order valence-corrected chi connectivity index (χ4v) is 4.18. The van der Waals surface area contributed by atoms with Gasteiger partial charge in [0, 0.05) is 14.7 Å². The Morgan fingerprint density at radius 1 is 1.39 bits per heavy atom. The van der Waals surface area contributed by atoms with E-state index < -0.39 is 0 Å². The van der Waals surface area contributed by atoms with Gasteiger partial charge in [-0.3, -0.25) is 9.36 Å². The Morgan fingerprint density at radius 3 is 2.94 bits per heavy atom. The van der Waals surface area contributed by atoms with Crippen molar-refractivity contribution in [1.29, 1.82) is 0 Å². The van der Waals surface area contributed by atoms with Crippen LogP contribution in [0.3, 0.4) is 0 Å². The third kappa shape index (κ3) is 2.04. The van der Waals surface area contributed by atoms with Crippen molar-refractivity contribution in [3.63, 3.8) is 0 Å². The van der Waals surface area contributed by atoms with E-state index in [9.17, 15) is 4.79 Å². The molecule has 3 aromatic heterocycles. The van der Waals surface area contributed by atoms with Crippen LogP contribution in [0.2, 0.25) is 0 Å². The van der Waals surface area contributed by atoms with Crippen LogP contribution in [0.25, 0.3) is 10.2 Å². The lowest BCUT2D eigenvalue weighted by molar-refractivity contribution is 0.759. The van der Waals surface area contributed by atoms with Gasteiger partial charge < -0.3 is 0 Å². The molecule has 0 N–H and O–H groups in total. The Bertz CT molecular complexity index is 772. The van der Waals surface area contributed by atoms with Crippen molar-refractivity contribution < 1.29 is 0 Å². The lowest BCUT2D eigenvalue weighted by atomic mass is 10.3. The summed E-state index contributed by atoms with van der Waals surface area (Å²) in [7, 11) is 0. The minimum Gasteiger partial charge on any atom is -0.293 e. The fraction of sp³-hybridized carbons (Fsp3) is 0.167. The van der Waals surface area contributed by atoms with Gasteiger partial charge in [-0.1, -0.05) is 0 Å². The summed E-state index contributed by atoms with van der Waals surface area (Å²) >= 11 is 6.52. The molecule has 0 fully saturated rings. The van der Waals surface area contributed by atoms with E-state index in [1.807, 2.05) is 23.8 Å². The van der Waals surface area contributed by atoms with Gasteiger partial charge >= 0.3 is 0 Å². The monoisotopic (exact) mass is 340 g/mol. The predicted octanol–water partition coefficient (Wildman–Crippen LogP) is 3.64.